The van der Waals surface area contributed by atoms with E-state index in [0.29, 0.717) is 23.4 Å². The van der Waals surface area contributed by atoms with Gasteiger partial charge in [0.1, 0.15) is 11.5 Å². The summed E-state index contributed by atoms with van der Waals surface area (Å²) in [5, 5.41) is 12.0. The van der Waals surface area contributed by atoms with Crippen LogP contribution in [-0.2, 0) is 6.18 Å². The number of piperidine rings is 1. The van der Waals surface area contributed by atoms with Crippen LogP contribution in [0.15, 0.2) is 30.5 Å². The fraction of sp³-hybridized carbons (Fsp3) is 0.353. The van der Waals surface area contributed by atoms with Gasteiger partial charge in [-0.05, 0) is 37.1 Å². The number of pyridine rings is 2. The molecule has 1 unspecified atom stereocenters. The van der Waals surface area contributed by atoms with Gasteiger partial charge < -0.3 is 5.32 Å². The lowest BCUT2D eigenvalue weighted by Gasteiger charge is -2.30. The van der Waals surface area contributed by atoms with Crippen LogP contribution in [0.1, 0.15) is 18.4 Å². The third kappa shape index (κ3) is 3.58. The van der Waals surface area contributed by atoms with E-state index in [4.69, 9.17) is 5.84 Å². The number of alkyl halides is 3. The number of aromatic nitrogens is 4. The van der Waals surface area contributed by atoms with Gasteiger partial charge in [0.15, 0.2) is 5.65 Å². The van der Waals surface area contributed by atoms with Gasteiger partial charge in [-0.25, -0.2) is 15.0 Å². The van der Waals surface area contributed by atoms with E-state index >= 15 is 0 Å². The summed E-state index contributed by atoms with van der Waals surface area (Å²) in [6, 6.07) is 5.72. The predicted octanol–water partition coefficient (Wildman–Crippen LogP) is 2.79. The van der Waals surface area contributed by atoms with Crippen LogP contribution in [0.5, 0.6) is 0 Å². The van der Waals surface area contributed by atoms with Crippen molar-refractivity contribution in [1.29, 1.82) is 0 Å². The highest BCUT2D eigenvalue weighted by Crippen LogP contribution is 2.38. The van der Waals surface area contributed by atoms with Crippen molar-refractivity contribution >= 4 is 16.9 Å². The average molecular weight is 377 g/mol. The zero-order chi connectivity index (χ0) is 19.0. The summed E-state index contributed by atoms with van der Waals surface area (Å²) in [5.74, 6) is 6.20. The Kier molecular flexibility index (Phi) is 4.44. The first-order valence-electron chi connectivity index (χ1n) is 8.56. The Morgan fingerprint density at radius 3 is 2.89 bits per heavy atom. The number of hydrogen-bond donors (Lipinski definition) is 3. The number of hydrazine groups is 1. The molecule has 27 heavy (non-hydrogen) atoms. The Morgan fingerprint density at radius 2 is 2.11 bits per heavy atom. The summed E-state index contributed by atoms with van der Waals surface area (Å²) < 4.78 is 40.6. The molecule has 3 aromatic heterocycles. The molecule has 4 N–H and O–H groups in total. The van der Waals surface area contributed by atoms with Crippen LogP contribution < -0.4 is 11.2 Å². The SMILES string of the molecule is NN1CCCC(Nc2ccc(C(F)(F)F)c(-c3[nH]nc4ncccc34)n2)C1. The van der Waals surface area contributed by atoms with E-state index in [1.807, 2.05) is 0 Å². The van der Waals surface area contributed by atoms with Crippen LogP contribution in [0.4, 0.5) is 19.0 Å². The number of nitrogens with zero attached hydrogens (tertiary/aromatic N) is 4. The number of aromatic amines is 1. The molecule has 0 aliphatic carbocycles. The Morgan fingerprint density at radius 1 is 1.26 bits per heavy atom. The number of H-pyrrole nitrogens is 1. The van der Waals surface area contributed by atoms with Crippen LogP contribution >= 0.6 is 0 Å². The van der Waals surface area contributed by atoms with Crippen molar-refractivity contribution in [1.82, 2.24) is 25.2 Å². The summed E-state index contributed by atoms with van der Waals surface area (Å²) in [5.41, 5.74) is -0.500. The molecule has 0 aromatic carbocycles. The van der Waals surface area contributed by atoms with Crippen molar-refractivity contribution in [2.75, 3.05) is 18.4 Å². The molecule has 142 valence electrons. The van der Waals surface area contributed by atoms with Gasteiger partial charge in [0.25, 0.3) is 0 Å². The highest BCUT2D eigenvalue weighted by Gasteiger charge is 2.36. The molecular weight excluding hydrogens is 359 g/mol. The standard InChI is InChI=1S/C17H18F3N7/c18-17(19,20)12-5-6-13(23-10-3-2-8-27(21)9-10)24-15(12)14-11-4-1-7-22-16(11)26-25-14/h1,4-7,10H,2-3,8-9,21H2,(H,23,24)(H,22,25,26). The molecule has 4 heterocycles. The largest absolute Gasteiger partial charge is 0.418 e. The average Bonchev–Trinajstić information content (AvgIpc) is 3.05. The number of nitrogens with two attached hydrogens (primary N) is 1. The van der Waals surface area contributed by atoms with Crippen LogP contribution in [0.25, 0.3) is 22.4 Å². The lowest BCUT2D eigenvalue weighted by Crippen LogP contribution is -2.45. The van der Waals surface area contributed by atoms with Crippen molar-refractivity contribution in [3.05, 3.63) is 36.0 Å². The molecule has 1 aliphatic heterocycles. The van der Waals surface area contributed by atoms with Gasteiger partial charge in [-0.3, -0.25) is 10.9 Å². The van der Waals surface area contributed by atoms with Crippen molar-refractivity contribution < 1.29 is 13.2 Å². The van der Waals surface area contributed by atoms with Gasteiger partial charge in [0, 0.05) is 30.7 Å². The van der Waals surface area contributed by atoms with Crippen molar-refractivity contribution in [3.8, 4) is 11.4 Å². The molecule has 10 heteroatoms. The zero-order valence-electron chi connectivity index (χ0n) is 14.3. The Balaban J connectivity index is 1.76. The summed E-state index contributed by atoms with van der Waals surface area (Å²) in [7, 11) is 0. The van der Waals surface area contributed by atoms with Crippen molar-refractivity contribution in [2.45, 2.75) is 25.1 Å². The predicted molar refractivity (Wildman–Crippen MR) is 94.5 cm³/mol. The molecular formula is C17H18F3N7. The monoisotopic (exact) mass is 377 g/mol. The molecule has 0 bridgehead atoms. The van der Waals surface area contributed by atoms with Gasteiger partial charge in [0.05, 0.1) is 11.3 Å². The van der Waals surface area contributed by atoms with E-state index in [-0.39, 0.29) is 17.4 Å². The van der Waals surface area contributed by atoms with Crippen molar-refractivity contribution in [2.24, 2.45) is 5.84 Å². The molecule has 1 atom stereocenters. The van der Waals surface area contributed by atoms with E-state index < -0.39 is 11.7 Å². The van der Waals surface area contributed by atoms with Crippen LogP contribution in [-0.4, -0.2) is 44.3 Å². The fourth-order valence-corrected chi connectivity index (χ4v) is 3.32. The molecule has 0 saturated carbocycles. The summed E-state index contributed by atoms with van der Waals surface area (Å²) >= 11 is 0. The quantitative estimate of drug-likeness (QED) is 0.608. The number of nitrogens with one attached hydrogen (secondary N) is 2. The van der Waals surface area contributed by atoms with E-state index in [1.54, 1.807) is 17.1 Å². The maximum atomic E-state index is 13.5. The molecule has 7 nitrogen and oxygen atoms in total. The fourth-order valence-electron chi connectivity index (χ4n) is 3.32. The topological polar surface area (TPSA) is 95.8 Å². The number of anilines is 1. The lowest BCUT2D eigenvalue weighted by molar-refractivity contribution is -0.137. The lowest BCUT2D eigenvalue weighted by atomic mass is 10.1. The number of fused-ring (bicyclic) bond motifs is 1. The van der Waals surface area contributed by atoms with Gasteiger partial charge in [-0.2, -0.15) is 18.3 Å². The van der Waals surface area contributed by atoms with Gasteiger partial charge in [-0.1, -0.05) is 0 Å². The van der Waals surface area contributed by atoms with E-state index in [0.717, 1.165) is 25.5 Å². The maximum absolute atomic E-state index is 13.5. The second-order valence-electron chi connectivity index (χ2n) is 6.54. The van der Waals surface area contributed by atoms with E-state index in [1.165, 1.54) is 12.3 Å². The Bertz CT molecular complexity index is 953. The summed E-state index contributed by atoms with van der Waals surface area (Å²) in [4.78, 5) is 8.32. The molecule has 3 aromatic rings. The molecule has 0 amide bonds. The first kappa shape index (κ1) is 17.7. The maximum Gasteiger partial charge on any atom is 0.418 e. The number of hydrogen-bond acceptors (Lipinski definition) is 6. The summed E-state index contributed by atoms with van der Waals surface area (Å²) in [6.45, 7) is 1.41. The molecule has 0 radical (unpaired) electrons. The van der Waals surface area contributed by atoms with Crippen LogP contribution in [0.2, 0.25) is 0 Å². The first-order valence-corrected chi connectivity index (χ1v) is 8.56. The minimum atomic E-state index is -4.54. The van der Waals surface area contributed by atoms with E-state index in [9.17, 15) is 13.2 Å². The first-order chi connectivity index (χ1) is 12.9. The molecule has 1 saturated heterocycles. The van der Waals surface area contributed by atoms with E-state index in [2.05, 4.69) is 25.5 Å². The van der Waals surface area contributed by atoms with Gasteiger partial charge in [-0.15, -0.1) is 0 Å². The molecule has 1 aliphatic rings. The highest BCUT2D eigenvalue weighted by atomic mass is 19.4. The second kappa shape index (κ2) is 6.78. The molecule has 0 spiro atoms. The third-order valence-corrected chi connectivity index (χ3v) is 4.57. The minimum Gasteiger partial charge on any atom is -0.366 e. The molecule has 4 rings (SSSR count). The zero-order valence-corrected chi connectivity index (χ0v) is 14.3. The number of rotatable bonds is 3. The van der Waals surface area contributed by atoms with Crippen molar-refractivity contribution in [3.63, 3.8) is 0 Å². The Hall–Kier alpha value is -2.72. The third-order valence-electron chi connectivity index (χ3n) is 4.57. The highest BCUT2D eigenvalue weighted by molar-refractivity contribution is 5.90. The van der Waals surface area contributed by atoms with Gasteiger partial charge >= 0.3 is 6.18 Å². The Labute approximate surface area is 152 Å². The normalized spacial score (nSPS) is 18.7. The summed E-state index contributed by atoms with van der Waals surface area (Å²) in [6.07, 6.45) is -1.22. The smallest absolute Gasteiger partial charge is 0.366 e. The minimum absolute atomic E-state index is 0.0287. The van der Waals surface area contributed by atoms with Crippen LogP contribution in [0, 0.1) is 0 Å². The van der Waals surface area contributed by atoms with Gasteiger partial charge in [0.2, 0.25) is 0 Å². The number of halogens is 3. The molecule has 1 fully saturated rings. The van der Waals surface area contributed by atoms with Crippen LogP contribution in [0.3, 0.4) is 0 Å². The second-order valence-corrected chi connectivity index (χ2v) is 6.54.